The molecule has 0 radical (unpaired) electrons. The summed E-state index contributed by atoms with van der Waals surface area (Å²) in [6.07, 6.45) is 2.86. The van der Waals surface area contributed by atoms with Crippen molar-refractivity contribution in [2.75, 3.05) is 33.2 Å². The van der Waals surface area contributed by atoms with Crippen LogP contribution >= 0.6 is 0 Å². The first-order valence-corrected chi connectivity index (χ1v) is 6.85. The van der Waals surface area contributed by atoms with Crippen LogP contribution in [-0.4, -0.2) is 48.8 Å². The molecular formula is C15H24N2O. The summed E-state index contributed by atoms with van der Waals surface area (Å²) < 4.78 is 0. The third-order valence-corrected chi connectivity index (χ3v) is 3.85. The van der Waals surface area contributed by atoms with Gasteiger partial charge in [-0.05, 0) is 31.9 Å². The van der Waals surface area contributed by atoms with Crippen LogP contribution < -0.4 is 5.32 Å². The Balaban J connectivity index is 1.74. The number of likely N-dealkylation sites (tertiary alicyclic amines) is 1. The van der Waals surface area contributed by atoms with E-state index < -0.39 is 5.60 Å². The fraction of sp³-hybridized carbons (Fsp3) is 0.600. The van der Waals surface area contributed by atoms with Crippen LogP contribution in [0.3, 0.4) is 0 Å². The summed E-state index contributed by atoms with van der Waals surface area (Å²) >= 11 is 0. The van der Waals surface area contributed by atoms with Gasteiger partial charge >= 0.3 is 0 Å². The highest BCUT2D eigenvalue weighted by atomic mass is 16.3. The molecule has 2 N–H and O–H groups in total. The van der Waals surface area contributed by atoms with Crippen LogP contribution in [0.15, 0.2) is 30.3 Å². The molecule has 0 aromatic heterocycles. The van der Waals surface area contributed by atoms with Crippen molar-refractivity contribution in [2.24, 2.45) is 0 Å². The number of hydrogen-bond donors (Lipinski definition) is 2. The van der Waals surface area contributed by atoms with E-state index in [0.29, 0.717) is 6.54 Å². The average Bonchev–Trinajstić information content (AvgIpc) is 2.40. The molecule has 1 fully saturated rings. The molecular weight excluding hydrogens is 224 g/mol. The van der Waals surface area contributed by atoms with Crippen molar-refractivity contribution < 1.29 is 5.11 Å². The minimum atomic E-state index is -0.488. The van der Waals surface area contributed by atoms with E-state index in [0.717, 1.165) is 38.9 Å². The van der Waals surface area contributed by atoms with E-state index >= 15 is 0 Å². The molecule has 0 aliphatic carbocycles. The zero-order valence-electron chi connectivity index (χ0n) is 11.2. The van der Waals surface area contributed by atoms with Crippen molar-refractivity contribution >= 4 is 0 Å². The highest BCUT2D eigenvalue weighted by molar-refractivity contribution is 5.14. The number of piperidine rings is 1. The van der Waals surface area contributed by atoms with Gasteiger partial charge in [-0.2, -0.15) is 0 Å². The molecule has 18 heavy (non-hydrogen) atoms. The Hall–Kier alpha value is -0.900. The van der Waals surface area contributed by atoms with Gasteiger partial charge in [0.25, 0.3) is 0 Å². The maximum Gasteiger partial charge on any atom is 0.0795 e. The van der Waals surface area contributed by atoms with Crippen molar-refractivity contribution in [1.82, 2.24) is 10.2 Å². The van der Waals surface area contributed by atoms with Gasteiger partial charge in [0.15, 0.2) is 0 Å². The van der Waals surface area contributed by atoms with Gasteiger partial charge in [0.05, 0.1) is 5.60 Å². The summed E-state index contributed by atoms with van der Waals surface area (Å²) in [7, 11) is 1.90. The van der Waals surface area contributed by atoms with Gasteiger partial charge < -0.3 is 15.3 Å². The molecule has 3 heteroatoms. The molecule has 0 spiro atoms. The quantitative estimate of drug-likeness (QED) is 0.824. The minimum absolute atomic E-state index is 0.488. The van der Waals surface area contributed by atoms with E-state index in [2.05, 4.69) is 40.5 Å². The van der Waals surface area contributed by atoms with Gasteiger partial charge in [-0.1, -0.05) is 30.3 Å². The summed E-state index contributed by atoms with van der Waals surface area (Å²) in [6, 6.07) is 10.6. The van der Waals surface area contributed by atoms with Crippen molar-refractivity contribution in [2.45, 2.75) is 24.9 Å². The number of benzene rings is 1. The van der Waals surface area contributed by atoms with Gasteiger partial charge in [0.1, 0.15) is 0 Å². The van der Waals surface area contributed by atoms with E-state index in [1.165, 1.54) is 5.56 Å². The Morgan fingerprint density at radius 2 is 1.89 bits per heavy atom. The first-order chi connectivity index (χ1) is 8.72. The molecule has 1 aliphatic heterocycles. The van der Waals surface area contributed by atoms with Crippen molar-refractivity contribution in [3.63, 3.8) is 0 Å². The fourth-order valence-electron chi connectivity index (χ4n) is 2.63. The summed E-state index contributed by atoms with van der Waals surface area (Å²) in [5.74, 6) is 0. The minimum Gasteiger partial charge on any atom is -0.388 e. The molecule has 0 saturated carbocycles. The maximum absolute atomic E-state index is 10.3. The van der Waals surface area contributed by atoms with Crippen LogP contribution in [0, 0.1) is 0 Å². The number of aliphatic hydroxyl groups is 1. The fourth-order valence-corrected chi connectivity index (χ4v) is 2.63. The smallest absolute Gasteiger partial charge is 0.0795 e. The Morgan fingerprint density at radius 3 is 2.50 bits per heavy atom. The highest BCUT2D eigenvalue weighted by Gasteiger charge is 2.31. The molecule has 3 nitrogen and oxygen atoms in total. The second kappa shape index (κ2) is 6.32. The second-order valence-electron chi connectivity index (χ2n) is 5.33. The monoisotopic (exact) mass is 248 g/mol. The van der Waals surface area contributed by atoms with Gasteiger partial charge in [0.2, 0.25) is 0 Å². The second-order valence-corrected chi connectivity index (χ2v) is 5.33. The Morgan fingerprint density at radius 1 is 1.22 bits per heavy atom. The standard InChI is InChI=1S/C15H24N2O/c1-16-13-15(18)8-11-17(12-9-15)10-7-14-5-3-2-4-6-14/h2-6,16,18H,7-13H2,1H3. The van der Waals surface area contributed by atoms with Crippen LogP contribution in [0.25, 0.3) is 0 Å². The molecule has 1 aliphatic rings. The molecule has 1 aromatic carbocycles. The lowest BCUT2D eigenvalue weighted by Gasteiger charge is -2.38. The Kier molecular flexibility index (Phi) is 4.75. The van der Waals surface area contributed by atoms with Crippen molar-refractivity contribution in [3.8, 4) is 0 Å². The first kappa shape index (κ1) is 13.5. The zero-order chi connectivity index (χ0) is 12.8. The molecule has 100 valence electrons. The van der Waals surface area contributed by atoms with E-state index in [4.69, 9.17) is 0 Å². The lowest BCUT2D eigenvalue weighted by molar-refractivity contribution is -0.0182. The van der Waals surface area contributed by atoms with E-state index in [1.54, 1.807) is 0 Å². The van der Waals surface area contributed by atoms with Crippen LogP contribution in [-0.2, 0) is 6.42 Å². The highest BCUT2D eigenvalue weighted by Crippen LogP contribution is 2.21. The Labute approximate surface area is 110 Å². The summed E-state index contributed by atoms with van der Waals surface area (Å²) in [5, 5.41) is 13.4. The number of nitrogens with zero attached hydrogens (tertiary/aromatic N) is 1. The van der Waals surface area contributed by atoms with Crippen LogP contribution in [0.5, 0.6) is 0 Å². The van der Waals surface area contributed by atoms with Gasteiger partial charge in [0, 0.05) is 26.2 Å². The molecule has 2 rings (SSSR count). The first-order valence-electron chi connectivity index (χ1n) is 6.85. The third kappa shape index (κ3) is 3.80. The number of hydrogen-bond acceptors (Lipinski definition) is 3. The van der Waals surface area contributed by atoms with Crippen LogP contribution in [0.1, 0.15) is 18.4 Å². The average molecular weight is 248 g/mol. The topological polar surface area (TPSA) is 35.5 Å². The summed E-state index contributed by atoms with van der Waals surface area (Å²) in [5.41, 5.74) is 0.909. The molecule has 0 atom stereocenters. The summed E-state index contributed by atoms with van der Waals surface area (Å²) in [6.45, 7) is 3.81. The molecule has 1 heterocycles. The zero-order valence-corrected chi connectivity index (χ0v) is 11.2. The normalized spacial score (nSPS) is 19.9. The summed E-state index contributed by atoms with van der Waals surface area (Å²) in [4.78, 5) is 2.46. The van der Waals surface area contributed by atoms with Crippen molar-refractivity contribution in [1.29, 1.82) is 0 Å². The number of rotatable bonds is 5. The van der Waals surface area contributed by atoms with E-state index in [9.17, 15) is 5.11 Å². The lowest BCUT2D eigenvalue weighted by Crippen LogP contribution is -2.49. The Bertz CT molecular complexity index is 345. The van der Waals surface area contributed by atoms with Gasteiger partial charge in [-0.25, -0.2) is 0 Å². The molecule has 1 saturated heterocycles. The lowest BCUT2D eigenvalue weighted by atomic mass is 9.91. The maximum atomic E-state index is 10.3. The number of likely N-dealkylation sites (N-methyl/N-ethyl adjacent to an activating group) is 1. The predicted molar refractivity (Wildman–Crippen MR) is 74.7 cm³/mol. The van der Waals surface area contributed by atoms with Gasteiger partial charge in [-0.3, -0.25) is 0 Å². The number of nitrogens with one attached hydrogen (secondary N) is 1. The van der Waals surface area contributed by atoms with Crippen LogP contribution in [0.4, 0.5) is 0 Å². The largest absolute Gasteiger partial charge is 0.388 e. The van der Waals surface area contributed by atoms with E-state index in [1.807, 2.05) is 7.05 Å². The van der Waals surface area contributed by atoms with Crippen LogP contribution in [0.2, 0.25) is 0 Å². The predicted octanol–water partition coefficient (Wildman–Crippen LogP) is 1.28. The third-order valence-electron chi connectivity index (χ3n) is 3.85. The van der Waals surface area contributed by atoms with Crippen molar-refractivity contribution in [3.05, 3.63) is 35.9 Å². The molecule has 0 bridgehead atoms. The molecule has 0 unspecified atom stereocenters. The SMILES string of the molecule is CNCC1(O)CCN(CCc2ccccc2)CC1. The van der Waals surface area contributed by atoms with E-state index in [-0.39, 0.29) is 0 Å². The molecule has 0 amide bonds. The van der Waals surface area contributed by atoms with Gasteiger partial charge in [-0.15, -0.1) is 0 Å². The molecule has 1 aromatic rings.